The van der Waals surface area contributed by atoms with Gasteiger partial charge in [-0.25, -0.2) is 8.78 Å². The van der Waals surface area contributed by atoms with Crippen molar-refractivity contribution in [1.82, 2.24) is 0 Å². The molecule has 0 aliphatic rings. The van der Waals surface area contributed by atoms with Crippen molar-refractivity contribution in [3.05, 3.63) is 71.3 Å². The third-order valence-electron chi connectivity index (χ3n) is 2.53. The highest BCUT2D eigenvalue weighted by Crippen LogP contribution is 2.22. The monoisotopic (exact) mass is 260 g/mol. The van der Waals surface area contributed by atoms with Crippen LogP contribution in [0.1, 0.15) is 15.9 Å². The van der Waals surface area contributed by atoms with Gasteiger partial charge in [-0.1, -0.05) is 36.4 Å². The molecule has 0 aromatic heterocycles. The lowest BCUT2D eigenvalue weighted by molar-refractivity contribution is 0.104. The number of phenolic OH excluding ortho intramolecular Hbond substituents is 1. The largest absolute Gasteiger partial charge is 0.507 e. The average Bonchev–Trinajstić information content (AvgIpc) is 2.41. The van der Waals surface area contributed by atoms with Crippen LogP contribution >= 0.6 is 0 Å². The molecule has 0 saturated carbocycles. The van der Waals surface area contributed by atoms with Crippen LogP contribution in [0, 0.1) is 11.6 Å². The van der Waals surface area contributed by atoms with Crippen molar-refractivity contribution in [2.45, 2.75) is 0 Å². The Bertz CT molecular complexity index is 634. The van der Waals surface area contributed by atoms with E-state index in [2.05, 4.69) is 0 Å². The van der Waals surface area contributed by atoms with Crippen molar-refractivity contribution in [3.8, 4) is 5.75 Å². The molecule has 0 fully saturated rings. The van der Waals surface area contributed by atoms with Gasteiger partial charge in [0.25, 0.3) is 0 Å². The summed E-state index contributed by atoms with van der Waals surface area (Å²) in [6, 6.07) is 10.3. The molecule has 19 heavy (non-hydrogen) atoms. The van der Waals surface area contributed by atoms with Gasteiger partial charge in [-0.05, 0) is 17.7 Å². The predicted molar refractivity (Wildman–Crippen MR) is 67.8 cm³/mol. The highest BCUT2D eigenvalue weighted by atomic mass is 19.2. The molecule has 96 valence electrons. The summed E-state index contributed by atoms with van der Waals surface area (Å²) >= 11 is 0. The zero-order valence-electron chi connectivity index (χ0n) is 9.81. The molecule has 4 heteroatoms. The minimum Gasteiger partial charge on any atom is -0.507 e. The number of allylic oxidation sites excluding steroid dienone is 1. The summed E-state index contributed by atoms with van der Waals surface area (Å²) in [5.74, 6) is -3.54. The lowest BCUT2D eigenvalue weighted by Gasteiger charge is -2.01. The minimum atomic E-state index is -1.19. The minimum absolute atomic E-state index is 0.272. The van der Waals surface area contributed by atoms with Gasteiger partial charge in [0, 0.05) is 6.07 Å². The third-order valence-corrected chi connectivity index (χ3v) is 2.53. The average molecular weight is 260 g/mol. The Morgan fingerprint density at radius 2 is 1.68 bits per heavy atom. The van der Waals surface area contributed by atoms with Crippen LogP contribution < -0.4 is 0 Å². The molecule has 0 aliphatic heterocycles. The summed E-state index contributed by atoms with van der Waals surface area (Å²) in [7, 11) is 0. The second-order valence-corrected chi connectivity index (χ2v) is 3.89. The van der Waals surface area contributed by atoms with Crippen molar-refractivity contribution in [2.24, 2.45) is 0 Å². The van der Waals surface area contributed by atoms with Crippen LogP contribution in [0.3, 0.4) is 0 Å². The van der Waals surface area contributed by atoms with Crippen molar-refractivity contribution >= 4 is 11.9 Å². The molecule has 2 nitrogen and oxygen atoms in total. The molecule has 0 radical (unpaired) electrons. The van der Waals surface area contributed by atoms with E-state index in [1.165, 1.54) is 12.2 Å². The zero-order chi connectivity index (χ0) is 13.8. The number of hydrogen-bond acceptors (Lipinski definition) is 2. The van der Waals surface area contributed by atoms with Gasteiger partial charge in [-0.2, -0.15) is 0 Å². The first-order valence-electron chi connectivity index (χ1n) is 5.53. The number of aromatic hydroxyl groups is 1. The maximum atomic E-state index is 13.0. The summed E-state index contributed by atoms with van der Waals surface area (Å²) in [5, 5.41) is 9.42. The van der Waals surface area contributed by atoms with Crippen LogP contribution in [0.15, 0.2) is 48.5 Å². The fraction of sp³-hybridized carbons (Fsp3) is 0. The van der Waals surface area contributed by atoms with Gasteiger partial charge in [-0.15, -0.1) is 0 Å². The Kier molecular flexibility index (Phi) is 3.71. The van der Waals surface area contributed by atoms with E-state index in [9.17, 15) is 18.7 Å². The normalized spacial score (nSPS) is 10.8. The summed E-state index contributed by atoms with van der Waals surface area (Å²) in [6.07, 6.45) is 2.73. The summed E-state index contributed by atoms with van der Waals surface area (Å²) < 4.78 is 25.8. The van der Waals surface area contributed by atoms with E-state index in [1.807, 2.05) is 6.07 Å². The van der Waals surface area contributed by atoms with E-state index in [4.69, 9.17) is 0 Å². The van der Waals surface area contributed by atoms with Gasteiger partial charge in [0.15, 0.2) is 17.4 Å². The summed E-state index contributed by atoms with van der Waals surface area (Å²) in [6.45, 7) is 0. The van der Waals surface area contributed by atoms with Crippen LogP contribution in [0.4, 0.5) is 8.78 Å². The van der Waals surface area contributed by atoms with Crippen LogP contribution in [0.5, 0.6) is 5.75 Å². The first kappa shape index (κ1) is 13.0. The lowest BCUT2D eigenvalue weighted by Crippen LogP contribution is -1.98. The smallest absolute Gasteiger partial charge is 0.189 e. The van der Waals surface area contributed by atoms with Gasteiger partial charge in [0.2, 0.25) is 0 Å². The Balaban J connectivity index is 2.26. The van der Waals surface area contributed by atoms with Gasteiger partial charge in [0.1, 0.15) is 5.75 Å². The molecule has 0 unspecified atom stereocenters. The molecule has 0 spiro atoms. The standard InChI is InChI=1S/C15H10F2O2/c16-12-8-11(15(19)9-13(12)17)14(18)7-6-10-4-2-1-3-5-10/h1-9,19H. The highest BCUT2D eigenvalue weighted by molar-refractivity contribution is 6.08. The van der Waals surface area contributed by atoms with Gasteiger partial charge in [-0.3, -0.25) is 4.79 Å². The van der Waals surface area contributed by atoms with Crippen LogP contribution in [0.25, 0.3) is 6.08 Å². The van der Waals surface area contributed by atoms with E-state index in [-0.39, 0.29) is 5.56 Å². The van der Waals surface area contributed by atoms with E-state index in [0.717, 1.165) is 5.56 Å². The number of hydrogen-bond donors (Lipinski definition) is 1. The van der Waals surface area contributed by atoms with Crippen LogP contribution in [-0.2, 0) is 0 Å². The van der Waals surface area contributed by atoms with E-state index in [0.29, 0.717) is 12.1 Å². The molecule has 0 amide bonds. The summed E-state index contributed by atoms with van der Waals surface area (Å²) in [5.41, 5.74) is 0.518. The van der Waals surface area contributed by atoms with Gasteiger partial charge in [0.05, 0.1) is 5.56 Å². The Labute approximate surface area is 108 Å². The fourth-order valence-electron chi connectivity index (χ4n) is 1.56. The molecule has 2 aromatic rings. The molecule has 0 bridgehead atoms. The Morgan fingerprint density at radius 1 is 1.05 bits per heavy atom. The number of ketones is 1. The fourth-order valence-corrected chi connectivity index (χ4v) is 1.56. The van der Waals surface area contributed by atoms with Crippen LogP contribution in [0.2, 0.25) is 0 Å². The second kappa shape index (κ2) is 5.44. The van der Waals surface area contributed by atoms with Gasteiger partial charge < -0.3 is 5.11 Å². The van der Waals surface area contributed by atoms with Crippen molar-refractivity contribution in [1.29, 1.82) is 0 Å². The zero-order valence-corrected chi connectivity index (χ0v) is 9.81. The maximum Gasteiger partial charge on any atom is 0.189 e. The first-order valence-corrected chi connectivity index (χ1v) is 5.53. The molecule has 0 atom stereocenters. The molecule has 2 rings (SSSR count). The first-order chi connectivity index (χ1) is 9.08. The van der Waals surface area contributed by atoms with Gasteiger partial charge >= 0.3 is 0 Å². The van der Waals surface area contributed by atoms with E-state index in [1.54, 1.807) is 24.3 Å². The second-order valence-electron chi connectivity index (χ2n) is 3.89. The molecule has 0 aliphatic carbocycles. The Hall–Kier alpha value is -2.49. The predicted octanol–water partition coefficient (Wildman–Crippen LogP) is 3.57. The van der Waals surface area contributed by atoms with Crippen LogP contribution in [-0.4, -0.2) is 10.9 Å². The quantitative estimate of drug-likeness (QED) is 0.676. The topological polar surface area (TPSA) is 37.3 Å². The SMILES string of the molecule is O=C(C=Cc1ccccc1)c1cc(F)c(F)cc1O. The molecule has 0 heterocycles. The molecule has 0 saturated heterocycles. The van der Waals surface area contributed by atoms with E-state index >= 15 is 0 Å². The number of phenols is 1. The number of carbonyl (C=O) groups is 1. The molecular weight excluding hydrogens is 250 g/mol. The Morgan fingerprint density at radius 3 is 2.37 bits per heavy atom. The number of benzene rings is 2. The molecule has 2 aromatic carbocycles. The van der Waals surface area contributed by atoms with Crippen molar-refractivity contribution in [3.63, 3.8) is 0 Å². The lowest BCUT2D eigenvalue weighted by atomic mass is 10.1. The van der Waals surface area contributed by atoms with E-state index < -0.39 is 23.2 Å². The van der Waals surface area contributed by atoms with Crippen molar-refractivity contribution < 1.29 is 18.7 Å². The molecular formula is C15H10F2O2. The third kappa shape index (κ3) is 3.04. The number of halogens is 2. The number of carbonyl (C=O) groups excluding carboxylic acids is 1. The summed E-state index contributed by atoms with van der Waals surface area (Å²) in [4.78, 5) is 11.8. The highest BCUT2D eigenvalue weighted by Gasteiger charge is 2.13. The maximum absolute atomic E-state index is 13.0. The number of rotatable bonds is 3. The van der Waals surface area contributed by atoms with Crippen molar-refractivity contribution in [2.75, 3.05) is 0 Å². The molecule has 1 N–H and O–H groups in total.